The summed E-state index contributed by atoms with van der Waals surface area (Å²) in [6, 6.07) is 0. The van der Waals surface area contributed by atoms with Crippen LogP contribution in [0.4, 0.5) is 0 Å². The molecule has 2 heterocycles. The molecule has 2 aliphatic rings. The van der Waals surface area contributed by atoms with Crippen LogP contribution in [0.3, 0.4) is 0 Å². The molecule has 0 unspecified atom stereocenters. The summed E-state index contributed by atoms with van der Waals surface area (Å²) in [5.74, 6) is 0.0571. The van der Waals surface area contributed by atoms with Gasteiger partial charge < -0.3 is 14.2 Å². The Morgan fingerprint density at radius 1 is 1.31 bits per heavy atom. The fourth-order valence-electron chi connectivity index (χ4n) is 1.79. The van der Waals surface area contributed by atoms with Crippen molar-refractivity contribution in [1.29, 1.82) is 0 Å². The normalized spacial score (nSPS) is 39.9. The highest BCUT2D eigenvalue weighted by Crippen LogP contribution is 2.30. The van der Waals surface area contributed by atoms with E-state index in [0.717, 1.165) is 32.7 Å². The summed E-state index contributed by atoms with van der Waals surface area (Å²) >= 11 is 0. The minimum Gasteiger partial charge on any atom is -0.376 e. The summed E-state index contributed by atoms with van der Waals surface area (Å²) in [5, 5.41) is 0. The minimum absolute atomic E-state index is 0.412. The molecule has 2 saturated heterocycles. The van der Waals surface area contributed by atoms with Crippen molar-refractivity contribution < 1.29 is 14.2 Å². The van der Waals surface area contributed by atoms with E-state index >= 15 is 0 Å². The van der Waals surface area contributed by atoms with Crippen LogP contribution in [0.25, 0.3) is 0 Å². The van der Waals surface area contributed by atoms with Crippen LogP contribution in [0.15, 0.2) is 0 Å². The molecular formula is C10H16O3. The van der Waals surface area contributed by atoms with Gasteiger partial charge in [0.05, 0.1) is 19.8 Å². The van der Waals surface area contributed by atoms with Gasteiger partial charge in [-0.25, -0.2) is 0 Å². The second kappa shape index (κ2) is 3.95. The summed E-state index contributed by atoms with van der Waals surface area (Å²) in [7, 11) is 0. The van der Waals surface area contributed by atoms with Gasteiger partial charge in [0.2, 0.25) is 0 Å². The number of hydrogen-bond acceptors (Lipinski definition) is 3. The quantitative estimate of drug-likeness (QED) is 0.646. The van der Waals surface area contributed by atoms with E-state index in [1.54, 1.807) is 0 Å². The van der Waals surface area contributed by atoms with Crippen molar-refractivity contribution in [3.05, 3.63) is 6.92 Å². The topological polar surface area (TPSA) is 27.7 Å². The molecule has 2 fully saturated rings. The Hall–Kier alpha value is -0.120. The molecule has 0 saturated carbocycles. The molecule has 13 heavy (non-hydrogen) atoms. The third-order valence-corrected chi connectivity index (χ3v) is 2.69. The minimum atomic E-state index is -0.412. The van der Waals surface area contributed by atoms with Crippen molar-refractivity contribution in [2.45, 2.75) is 25.0 Å². The molecule has 2 aliphatic heterocycles. The second-order valence-corrected chi connectivity index (χ2v) is 3.78. The maximum Gasteiger partial charge on any atom is 0.193 e. The van der Waals surface area contributed by atoms with Crippen LogP contribution >= 0.6 is 0 Å². The predicted octanol–water partition coefficient (Wildman–Crippen LogP) is 1.26. The molecule has 0 aromatic rings. The van der Waals surface area contributed by atoms with E-state index < -0.39 is 5.79 Å². The average molecular weight is 184 g/mol. The zero-order valence-electron chi connectivity index (χ0n) is 7.83. The summed E-state index contributed by atoms with van der Waals surface area (Å²) in [6.07, 6.45) is 2.56. The molecule has 3 nitrogen and oxygen atoms in total. The standard InChI is InChI=1S/C10H16O3/c1-2-3-9-6-12-10(13-7-9)4-5-11-8-10/h1,9H,2-8H2. The second-order valence-electron chi connectivity index (χ2n) is 3.78. The maximum absolute atomic E-state index is 5.69. The fourth-order valence-corrected chi connectivity index (χ4v) is 1.79. The van der Waals surface area contributed by atoms with Gasteiger partial charge in [-0.3, -0.25) is 0 Å². The number of ether oxygens (including phenoxy) is 3. The molecule has 2 radical (unpaired) electrons. The van der Waals surface area contributed by atoms with E-state index in [2.05, 4.69) is 0 Å². The SMILES string of the molecule is [CH]CCC1COC2(CCOC2)OC1. The molecule has 3 heteroatoms. The highest BCUT2D eigenvalue weighted by molar-refractivity contribution is 4.79. The summed E-state index contributed by atoms with van der Waals surface area (Å²) in [6.45, 7) is 8.33. The van der Waals surface area contributed by atoms with Crippen molar-refractivity contribution in [1.82, 2.24) is 0 Å². The first-order chi connectivity index (χ1) is 6.35. The molecule has 0 aromatic carbocycles. The van der Waals surface area contributed by atoms with Crippen molar-refractivity contribution >= 4 is 0 Å². The third kappa shape index (κ3) is 2.03. The van der Waals surface area contributed by atoms with Crippen LogP contribution < -0.4 is 0 Å². The van der Waals surface area contributed by atoms with Crippen LogP contribution in [0.2, 0.25) is 0 Å². The van der Waals surface area contributed by atoms with Crippen LogP contribution in [0, 0.1) is 12.8 Å². The lowest BCUT2D eigenvalue weighted by Gasteiger charge is -2.36. The molecule has 0 bridgehead atoms. The molecule has 0 aliphatic carbocycles. The average Bonchev–Trinajstić information content (AvgIpc) is 2.59. The van der Waals surface area contributed by atoms with Crippen LogP contribution in [0.1, 0.15) is 19.3 Å². The molecule has 74 valence electrons. The summed E-state index contributed by atoms with van der Waals surface area (Å²) in [5.41, 5.74) is 0. The zero-order valence-corrected chi connectivity index (χ0v) is 7.83. The first-order valence-electron chi connectivity index (χ1n) is 4.90. The van der Waals surface area contributed by atoms with Crippen molar-refractivity contribution in [3.63, 3.8) is 0 Å². The van der Waals surface area contributed by atoms with Gasteiger partial charge in [0.1, 0.15) is 6.61 Å². The van der Waals surface area contributed by atoms with Gasteiger partial charge in [0.25, 0.3) is 0 Å². The Bertz CT molecular complexity index is 154. The molecule has 1 spiro atoms. The Morgan fingerprint density at radius 2 is 2.08 bits per heavy atom. The lowest BCUT2D eigenvalue weighted by atomic mass is 10.0. The molecular weight excluding hydrogens is 168 g/mol. The van der Waals surface area contributed by atoms with E-state index in [9.17, 15) is 0 Å². The number of hydrogen-bond donors (Lipinski definition) is 0. The van der Waals surface area contributed by atoms with Gasteiger partial charge >= 0.3 is 0 Å². The Kier molecular flexibility index (Phi) is 2.86. The Balaban J connectivity index is 1.81. The molecule has 2 rings (SSSR count). The highest BCUT2D eigenvalue weighted by atomic mass is 16.7. The van der Waals surface area contributed by atoms with E-state index in [1.807, 2.05) is 0 Å². The lowest BCUT2D eigenvalue weighted by molar-refractivity contribution is -0.279. The largest absolute Gasteiger partial charge is 0.376 e. The maximum atomic E-state index is 5.69. The van der Waals surface area contributed by atoms with E-state index in [4.69, 9.17) is 21.1 Å². The van der Waals surface area contributed by atoms with Crippen LogP contribution in [0.5, 0.6) is 0 Å². The van der Waals surface area contributed by atoms with Crippen LogP contribution in [-0.2, 0) is 14.2 Å². The van der Waals surface area contributed by atoms with E-state index in [-0.39, 0.29) is 0 Å². The van der Waals surface area contributed by atoms with Gasteiger partial charge in [-0.1, -0.05) is 0 Å². The molecule has 0 aromatic heterocycles. The summed E-state index contributed by atoms with van der Waals surface area (Å²) < 4.78 is 16.6. The van der Waals surface area contributed by atoms with Crippen LogP contribution in [-0.4, -0.2) is 32.2 Å². The summed E-state index contributed by atoms with van der Waals surface area (Å²) in [4.78, 5) is 0. The fraction of sp³-hybridized carbons (Fsp3) is 0.900. The third-order valence-electron chi connectivity index (χ3n) is 2.69. The number of rotatable bonds is 2. The van der Waals surface area contributed by atoms with Crippen molar-refractivity contribution in [2.75, 3.05) is 26.4 Å². The lowest BCUT2D eigenvalue weighted by Crippen LogP contribution is -2.44. The zero-order chi connectivity index (χ0) is 9.15. The van der Waals surface area contributed by atoms with E-state index in [0.29, 0.717) is 18.9 Å². The first-order valence-corrected chi connectivity index (χ1v) is 4.90. The Labute approximate surface area is 79.4 Å². The van der Waals surface area contributed by atoms with Crippen molar-refractivity contribution in [2.24, 2.45) is 5.92 Å². The van der Waals surface area contributed by atoms with Gasteiger partial charge in [-0.2, -0.15) is 0 Å². The monoisotopic (exact) mass is 184 g/mol. The smallest absolute Gasteiger partial charge is 0.193 e. The predicted molar refractivity (Wildman–Crippen MR) is 47.1 cm³/mol. The molecule has 0 amide bonds. The van der Waals surface area contributed by atoms with Gasteiger partial charge in [0.15, 0.2) is 5.79 Å². The van der Waals surface area contributed by atoms with Gasteiger partial charge in [0, 0.05) is 12.3 Å². The van der Waals surface area contributed by atoms with Crippen molar-refractivity contribution in [3.8, 4) is 0 Å². The van der Waals surface area contributed by atoms with Gasteiger partial charge in [-0.05, 0) is 19.8 Å². The first kappa shape index (κ1) is 9.44. The molecule has 0 N–H and O–H groups in total. The molecule has 0 atom stereocenters. The van der Waals surface area contributed by atoms with Gasteiger partial charge in [-0.15, -0.1) is 0 Å². The van der Waals surface area contributed by atoms with E-state index in [1.165, 1.54) is 0 Å². The Morgan fingerprint density at radius 3 is 2.62 bits per heavy atom. The highest BCUT2D eigenvalue weighted by Gasteiger charge is 2.40.